The zero-order valence-electron chi connectivity index (χ0n) is 18.5. The Morgan fingerprint density at radius 3 is 1.85 bits per heavy atom. The first-order valence-corrected chi connectivity index (χ1v) is 11.5. The van der Waals surface area contributed by atoms with Crippen molar-refractivity contribution in [2.75, 3.05) is 0 Å². The lowest BCUT2D eigenvalue weighted by Crippen LogP contribution is -2.25. The molecule has 0 aliphatic carbocycles. The minimum atomic E-state index is 0.0258. The van der Waals surface area contributed by atoms with Crippen molar-refractivity contribution in [3.63, 3.8) is 0 Å². The van der Waals surface area contributed by atoms with E-state index in [0.29, 0.717) is 19.0 Å². The topological polar surface area (TPSA) is 39.8 Å². The summed E-state index contributed by atoms with van der Waals surface area (Å²) < 4.78 is 3.76. The van der Waals surface area contributed by atoms with Crippen molar-refractivity contribution < 1.29 is 0 Å². The van der Waals surface area contributed by atoms with Crippen LogP contribution in [-0.2, 0) is 13.1 Å². The van der Waals surface area contributed by atoms with E-state index in [1.807, 2.05) is 51.6 Å². The Bertz CT molecular complexity index is 1330. The smallest absolute Gasteiger partial charge is 0.292 e. The van der Waals surface area contributed by atoms with Crippen molar-refractivity contribution in [1.29, 1.82) is 0 Å². The monoisotopic (exact) mass is 433 g/mol. The second kappa shape index (κ2) is 9.70. The van der Waals surface area contributed by atoms with Crippen molar-refractivity contribution in [2.45, 2.75) is 31.8 Å². The predicted octanol–water partition coefficient (Wildman–Crippen LogP) is 5.86. The van der Waals surface area contributed by atoms with Gasteiger partial charge >= 0.3 is 5.69 Å². The summed E-state index contributed by atoms with van der Waals surface area (Å²) in [4.78, 5) is 17.8. The average Bonchev–Trinajstić information content (AvgIpc) is 3.14. The number of aromatic nitrogens is 3. The molecule has 164 valence electrons. The molecule has 5 rings (SSSR count). The summed E-state index contributed by atoms with van der Waals surface area (Å²) >= 11 is 0. The number of benzene rings is 3. The van der Waals surface area contributed by atoms with Crippen LogP contribution in [0.5, 0.6) is 0 Å². The molecular weight excluding hydrogens is 406 g/mol. The van der Waals surface area contributed by atoms with Gasteiger partial charge in [-0.25, -0.2) is 4.79 Å². The van der Waals surface area contributed by atoms with Crippen LogP contribution in [-0.4, -0.2) is 14.1 Å². The van der Waals surface area contributed by atoms with E-state index in [1.165, 1.54) is 11.1 Å². The first-order valence-electron chi connectivity index (χ1n) is 11.5. The zero-order chi connectivity index (χ0) is 22.5. The van der Waals surface area contributed by atoms with Gasteiger partial charge in [0.2, 0.25) is 0 Å². The quantitative estimate of drug-likeness (QED) is 0.308. The molecule has 0 saturated carbocycles. The molecular formula is C29H27N3O. The highest BCUT2D eigenvalue weighted by Crippen LogP contribution is 2.29. The Balaban J connectivity index is 1.41. The normalized spacial score (nSPS) is 11.3. The van der Waals surface area contributed by atoms with E-state index in [1.54, 1.807) is 6.20 Å². The molecule has 0 bridgehead atoms. The lowest BCUT2D eigenvalue weighted by Gasteiger charge is -2.18. The average molecular weight is 434 g/mol. The lowest BCUT2D eigenvalue weighted by molar-refractivity contribution is 0.563. The van der Waals surface area contributed by atoms with Gasteiger partial charge in [-0.2, -0.15) is 0 Å². The van der Waals surface area contributed by atoms with Crippen molar-refractivity contribution >= 4 is 11.0 Å². The molecule has 0 unspecified atom stereocenters. The summed E-state index contributed by atoms with van der Waals surface area (Å²) in [5, 5.41) is 0. The first-order chi connectivity index (χ1) is 16.3. The van der Waals surface area contributed by atoms with Crippen LogP contribution in [0.25, 0.3) is 11.0 Å². The van der Waals surface area contributed by atoms with Crippen LogP contribution in [0, 0.1) is 0 Å². The van der Waals surface area contributed by atoms with Crippen LogP contribution in [0.3, 0.4) is 0 Å². The van der Waals surface area contributed by atoms with E-state index in [0.717, 1.165) is 29.6 Å². The molecule has 2 heterocycles. The third-order valence-electron chi connectivity index (χ3n) is 6.25. The molecule has 0 amide bonds. The van der Waals surface area contributed by atoms with Gasteiger partial charge in [-0.1, -0.05) is 78.9 Å². The highest BCUT2D eigenvalue weighted by Gasteiger charge is 2.16. The zero-order valence-corrected chi connectivity index (χ0v) is 18.5. The molecule has 0 atom stereocenters. The van der Waals surface area contributed by atoms with E-state index in [2.05, 4.69) is 65.6 Å². The fraction of sp³-hybridized carbons (Fsp3) is 0.172. The molecule has 33 heavy (non-hydrogen) atoms. The Labute approximate surface area is 193 Å². The molecule has 0 aliphatic heterocycles. The molecule has 4 heteroatoms. The van der Waals surface area contributed by atoms with E-state index in [4.69, 9.17) is 0 Å². The maximum Gasteiger partial charge on any atom is 0.329 e. The van der Waals surface area contributed by atoms with Crippen molar-refractivity contribution in [2.24, 2.45) is 0 Å². The Hall–Kier alpha value is -3.92. The van der Waals surface area contributed by atoms with Crippen LogP contribution in [0.15, 0.2) is 114 Å². The van der Waals surface area contributed by atoms with Gasteiger partial charge in [0, 0.05) is 18.7 Å². The van der Waals surface area contributed by atoms with Gasteiger partial charge < -0.3 is 0 Å². The molecule has 0 saturated heterocycles. The fourth-order valence-corrected chi connectivity index (χ4v) is 4.65. The van der Waals surface area contributed by atoms with Crippen molar-refractivity contribution in [1.82, 2.24) is 14.1 Å². The second-order valence-electron chi connectivity index (χ2n) is 8.35. The third-order valence-corrected chi connectivity index (χ3v) is 6.25. The van der Waals surface area contributed by atoms with Crippen LogP contribution in [0.4, 0.5) is 0 Å². The maximum absolute atomic E-state index is 13.4. The number of hydrogen-bond acceptors (Lipinski definition) is 2. The Morgan fingerprint density at radius 1 is 0.667 bits per heavy atom. The molecule has 0 N–H and O–H groups in total. The number of fused-ring (bicyclic) bond motifs is 1. The number of pyridine rings is 1. The SMILES string of the molecule is O=c1n(CCCC(c2ccccc2)c2ccccc2)c2ccccc2n1Cc1ccccn1. The van der Waals surface area contributed by atoms with Crippen LogP contribution in [0.2, 0.25) is 0 Å². The number of nitrogens with zero attached hydrogens (tertiary/aromatic N) is 3. The number of para-hydroxylation sites is 2. The molecule has 0 aliphatic rings. The lowest BCUT2D eigenvalue weighted by atomic mass is 9.87. The van der Waals surface area contributed by atoms with Gasteiger partial charge in [0.15, 0.2) is 0 Å². The Morgan fingerprint density at radius 2 is 1.24 bits per heavy atom. The highest BCUT2D eigenvalue weighted by atomic mass is 16.1. The van der Waals surface area contributed by atoms with Gasteiger partial charge in [-0.15, -0.1) is 0 Å². The van der Waals surface area contributed by atoms with Crippen molar-refractivity contribution in [3.8, 4) is 0 Å². The predicted molar refractivity (Wildman–Crippen MR) is 133 cm³/mol. The molecule has 4 nitrogen and oxygen atoms in total. The highest BCUT2D eigenvalue weighted by molar-refractivity contribution is 5.76. The maximum atomic E-state index is 13.4. The minimum Gasteiger partial charge on any atom is -0.292 e. The van der Waals surface area contributed by atoms with Gasteiger partial charge in [0.25, 0.3) is 0 Å². The standard InChI is InChI=1S/C29H27N3O/c33-29-31(27-18-7-8-19-28(27)32(29)22-25-16-9-10-20-30-25)21-11-17-26(23-12-3-1-4-13-23)24-14-5-2-6-15-24/h1-10,12-16,18-20,26H,11,17,21-22H2. The van der Waals surface area contributed by atoms with E-state index in [9.17, 15) is 4.79 Å². The fourth-order valence-electron chi connectivity index (χ4n) is 4.65. The third kappa shape index (κ3) is 4.51. The Kier molecular flexibility index (Phi) is 6.16. The molecule has 2 aromatic heterocycles. The van der Waals surface area contributed by atoms with Gasteiger partial charge in [-0.3, -0.25) is 14.1 Å². The molecule has 3 aromatic carbocycles. The number of hydrogen-bond donors (Lipinski definition) is 0. The first kappa shape index (κ1) is 21.0. The molecule has 0 radical (unpaired) electrons. The van der Waals surface area contributed by atoms with Crippen LogP contribution < -0.4 is 5.69 Å². The number of aryl methyl sites for hydroxylation is 1. The summed E-state index contributed by atoms with van der Waals surface area (Å²) in [5.74, 6) is 0.310. The van der Waals surface area contributed by atoms with Crippen LogP contribution >= 0.6 is 0 Å². The molecule has 5 aromatic rings. The van der Waals surface area contributed by atoms with Gasteiger partial charge in [0.05, 0.1) is 23.3 Å². The second-order valence-corrected chi connectivity index (χ2v) is 8.35. The summed E-state index contributed by atoms with van der Waals surface area (Å²) in [5.41, 5.74) is 5.47. The van der Waals surface area contributed by atoms with E-state index >= 15 is 0 Å². The largest absolute Gasteiger partial charge is 0.329 e. The molecule has 0 fully saturated rings. The number of rotatable bonds is 8. The van der Waals surface area contributed by atoms with E-state index in [-0.39, 0.29) is 5.69 Å². The summed E-state index contributed by atoms with van der Waals surface area (Å²) in [6.07, 6.45) is 3.65. The number of imidazole rings is 1. The minimum absolute atomic E-state index is 0.0258. The van der Waals surface area contributed by atoms with Crippen molar-refractivity contribution in [3.05, 3.63) is 137 Å². The van der Waals surface area contributed by atoms with Gasteiger partial charge in [0.1, 0.15) is 0 Å². The van der Waals surface area contributed by atoms with Crippen LogP contribution in [0.1, 0.15) is 35.6 Å². The summed E-state index contributed by atoms with van der Waals surface area (Å²) in [6, 6.07) is 35.2. The van der Waals surface area contributed by atoms with Gasteiger partial charge in [-0.05, 0) is 48.2 Å². The van der Waals surface area contributed by atoms with E-state index < -0.39 is 0 Å². The molecule has 0 spiro atoms. The summed E-state index contributed by atoms with van der Waals surface area (Å²) in [7, 11) is 0. The summed E-state index contributed by atoms with van der Waals surface area (Å²) in [6.45, 7) is 1.16.